The molecule has 0 unspecified atom stereocenters. The summed E-state index contributed by atoms with van der Waals surface area (Å²) in [6, 6.07) is 14.5. The summed E-state index contributed by atoms with van der Waals surface area (Å²) in [6.45, 7) is 9.92. The third kappa shape index (κ3) is 5.34. The summed E-state index contributed by atoms with van der Waals surface area (Å²) in [4.78, 5) is 25.7. The average Bonchev–Trinajstić information content (AvgIpc) is 2.78. The second kappa shape index (κ2) is 9.96. The SMILES string of the molecule is CCOC(=O)COc1cc(C)cc(CN2CCN(c3cnc4ccccc4n3)C[C@H]2C)c1. The van der Waals surface area contributed by atoms with Crippen LogP contribution in [-0.4, -0.2) is 59.7 Å². The molecule has 7 heteroatoms. The molecule has 0 saturated carbocycles. The lowest BCUT2D eigenvalue weighted by atomic mass is 10.1. The van der Waals surface area contributed by atoms with Crippen LogP contribution < -0.4 is 9.64 Å². The summed E-state index contributed by atoms with van der Waals surface area (Å²) in [7, 11) is 0. The number of carbonyl (C=O) groups excluding carboxylic acids is 1. The van der Waals surface area contributed by atoms with Gasteiger partial charge in [0.2, 0.25) is 0 Å². The molecule has 3 aromatic rings. The minimum absolute atomic E-state index is 0.0708. The average molecular weight is 435 g/mol. The topological polar surface area (TPSA) is 67.8 Å². The van der Waals surface area contributed by atoms with E-state index in [0.29, 0.717) is 18.4 Å². The number of hydrogen-bond acceptors (Lipinski definition) is 7. The molecule has 0 bridgehead atoms. The number of anilines is 1. The quantitative estimate of drug-likeness (QED) is 0.527. The maximum absolute atomic E-state index is 11.6. The maximum atomic E-state index is 11.6. The van der Waals surface area contributed by atoms with Gasteiger partial charge in [0.1, 0.15) is 11.6 Å². The number of carbonyl (C=O) groups is 1. The van der Waals surface area contributed by atoms with E-state index in [4.69, 9.17) is 14.5 Å². The van der Waals surface area contributed by atoms with Gasteiger partial charge in [-0.3, -0.25) is 9.88 Å². The molecule has 1 aliphatic rings. The number of hydrogen-bond donors (Lipinski definition) is 0. The Morgan fingerprint density at radius 3 is 2.75 bits per heavy atom. The number of nitrogens with zero attached hydrogens (tertiary/aromatic N) is 4. The van der Waals surface area contributed by atoms with Crippen LogP contribution in [0.4, 0.5) is 5.82 Å². The fraction of sp³-hybridized carbons (Fsp3) is 0.400. The van der Waals surface area contributed by atoms with Crippen LogP contribution in [0.3, 0.4) is 0 Å². The van der Waals surface area contributed by atoms with Crippen molar-refractivity contribution in [3.05, 3.63) is 59.8 Å². The van der Waals surface area contributed by atoms with E-state index >= 15 is 0 Å². The molecule has 4 rings (SSSR count). The van der Waals surface area contributed by atoms with Crippen LogP contribution in [-0.2, 0) is 16.1 Å². The molecule has 1 saturated heterocycles. The molecule has 0 spiro atoms. The van der Waals surface area contributed by atoms with Gasteiger partial charge in [-0.1, -0.05) is 18.2 Å². The minimum atomic E-state index is -0.350. The number of fused-ring (bicyclic) bond motifs is 1. The number of para-hydroxylation sites is 2. The molecule has 2 aromatic carbocycles. The molecular formula is C25H30N4O3. The Balaban J connectivity index is 1.39. The molecule has 0 N–H and O–H groups in total. The molecule has 7 nitrogen and oxygen atoms in total. The number of aryl methyl sites for hydroxylation is 1. The highest BCUT2D eigenvalue weighted by Gasteiger charge is 2.25. The Kier molecular flexibility index (Phi) is 6.85. The van der Waals surface area contributed by atoms with Crippen LogP contribution in [0.2, 0.25) is 0 Å². The van der Waals surface area contributed by atoms with Crippen LogP contribution in [0, 0.1) is 6.92 Å². The molecule has 0 amide bonds. The van der Waals surface area contributed by atoms with Crippen LogP contribution in [0.1, 0.15) is 25.0 Å². The van der Waals surface area contributed by atoms with Crippen LogP contribution in [0.15, 0.2) is 48.7 Å². The van der Waals surface area contributed by atoms with Gasteiger partial charge < -0.3 is 14.4 Å². The Morgan fingerprint density at radius 2 is 1.97 bits per heavy atom. The monoisotopic (exact) mass is 434 g/mol. The van der Waals surface area contributed by atoms with Crippen molar-refractivity contribution in [3.63, 3.8) is 0 Å². The Bertz CT molecular complexity index is 1090. The van der Waals surface area contributed by atoms with E-state index in [-0.39, 0.29) is 12.6 Å². The van der Waals surface area contributed by atoms with Gasteiger partial charge >= 0.3 is 5.97 Å². The fourth-order valence-corrected chi connectivity index (χ4v) is 4.12. The first-order valence-corrected chi connectivity index (χ1v) is 11.1. The molecule has 32 heavy (non-hydrogen) atoms. The number of benzene rings is 2. The zero-order valence-corrected chi connectivity index (χ0v) is 19.0. The first-order valence-electron chi connectivity index (χ1n) is 11.1. The molecule has 168 valence electrons. The molecule has 1 fully saturated rings. The molecule has 2 heterocycles. The van der Waals surface area contributed by atoms with Gasteiger partial charge in [-0.25, -0.2) is 9.78 Å². The normalized spacial score (nSPS) is 16.8. The Labute approximate surface area is 189 Å². The van der Waals surface area contributed by atoms with E-state index in [9.17, 15) is 4.79 Å². The third-order valence-corrected chi connectivity index (χ3v) is 5.68. The van der Waals surface area contributed by atoms with Crippen LogP contribution in [0.25, 0.3) is 11.0 Å². The van der Waals surface area contributed by atoms with E-state index in [1.807, 2.05) is 49.5 Å². The Hall–Kier alpha value is -3.19. The number of rotatable bonds is 7. The number of aromatic nitrogens is 2. The summed E-state index contributed by atoms with van der Waals surface area (Å²) >= 11 is 0. The van der Waals surface area contributed by atoms with Crippen LogP contribution in [0.5, 0.6) is 5.75 Å². The first kappa shape index (κ1) is 22.0. The molecule has 0 radical (unpaired) electrons. The van der Waals surface area contributed by atoms with Crippen molar-refractivity contribution in [2.75, 3.05) is 37.7 Å². The van der Waals surface area contributed by atoms with Crippen molar-refractivity contribution in [2.45, 2.75) is 33.4 Å². The smallest absolute Gasteiger partial charge is 0.344 e. The highest BCUT2D eigenvalue weighted by atomic mass is 16.6. The molecular weight excluding hydrogens is 404 g/mol. The summed E-state index contributed by atoms with van der Waals surface area (Å²) in [5.74, 6) is 1.28. The summed E-state index contributed by atoms with van der Waals surface area (Å²) < 4.78 is 10.6. The molecule has 1 aliphatic heterocycles. The number of esters is 1. The van der Waals surface area contributed by atoms with E-state index in [2.05, 4.69) is 27.8 Å². The lowest BCUT2D eigenvalue weighted by Gasteiger charge is -2.40. The van der Waals surface area contributed by atoms with E-state index in [1.165, 1.54) is 5.56 Å². The predicted molar refractivity (Wildman–Crippen MR) is 125 cm³/mol. The van der Waals surface area contributed by atoms with Crippen LogP contribution >= 0.6 is 0 Å². The van der Waals surface area contributed by atoms with Gasteiger partial charge in [-0.05, 0) is 56.2 Å². The predicted octanol–water partition coefficient (Wildman–Crippen LogP) is 3.59. The lowest BCUT2D eigenvalue weighted by Crippen LogP contribution is -2.51. The van der Waals surface area contributed by atoms with Gasteiger partial charge in [0.05, 0.1) is 23.8 Å². The van der Waals surface area contributed by atoms with Gasteiger partial charge in [-0.2, -0.15) is 0 Å². The summed E-state index contributed by atoms with van der Waals surface area (Å²) in [5.41, 5.74) is 4.13. The molecule has 1 aromatic heterocycles. The first-order chi connectivity index (χ1) is 15.5. The molecule has 0 aliphatic carbocycles. The van der Waals surface area contributed by atoms with E-state index in [1.54, 1.807) is 6.92 Å². The maximum Gasteiger partial charge on any atom is 0.344 e. The molecule has 1 atom stereocenters. The summed E-state index contributed by atoms with van der Waals surface area (Å²) in [6.07, 6.45) is 1.87. The van der Waals surface area contributed by atoms with Crippen molar-refractivity contribution in [3.8, 4) is 5.75 Å². The fourth-order valence-electron chi connectivity index (χ4n) is 4.12. The van der Waals surface area contributed by atoms with Gasteiger partial charge in [0.15, 0.2) is 6.61 Å². The highest BCUT2D eigenvalue weighted by Crippen LogP contribution is 2.23. The van der Waals surface area contributed by atoms with Crippen molar-refractivity contribution in [2.24, 2.45) is 0 Å². The largest absolute Gasteiger partial charge is 0.482 e. The lowest BCUT2D eigenvalue weighted by molar-refractivity contribution is -0.145. The summed E-state index contributed by atoms with van der Waals surface area (Å²) in [5, 5.41) is 0. The number of piperazine rings is 1. The third-order valence-electron chi connectivity index (χ3n) is 5.68. The zero-order chi connectivity index (χ0) is 22.5. The van der Waals surface area contributed by atoms with Crippen molar-refractivity contribution < 1.29 is 14.3 Å². The second-order valence-corrected chi connectivity index (χ2v) is 8.23. The number of ether oxygens (including phenoxy) is 2. The van der Waals surface area contributed by atoms with E-state index < -0.39 is 0 Å². The van der Waals surface area contributed by atoms with Crippen molar-refractivity contribution >= 4 is 22.8 Å². The van der Waals surface area contributed by atoms with Crippen molar-refractivity contribution in [1.29, 1.82) is 0 Å². The minimum Gasteiger partial charge on any atom is -0.482 e. The van der Waals surface area contributed by atoms with Gasteiger partial charge in [-0.15, -0.1) is 0 Å². The highest BCUT2D eigenvalue weighted by molar-refractivity contribution is 5.75. The van der Waals surface area contributed by atoms with Gasteiger partial charge in [0.25, 0.3) is 0 Å². The zero-order valence-electron chi connectivity index (χ0n) is 19.0. The second-order valence-electron chi connectivity index (χ2n) is 8.23. The Morgan fingerprint density at radius 1 is 1.16 bits per heavy atom. The van der Waals surface area contributed by atoms with Crippen molar-refractivity contribution in [1.82, 2.24) is 14.9 Å². The van der Waals surface area contributed by atoms with Gasteiger partial charge in [0, 0.05) is 32.2 Å². The van der Waals surface area contributed by atoms with E-state index in [0.717, 1.165) is 48.6 Å². The standard InChI is InChI=1S/C25H30N4O3/c1-4-31-25(30)17-32-21-12-18(2)11-20(13-21)16-28-9-10-29(15-19(28)3)24-14-26-22-7-5-6-8-23(22)27-24/h5-8,11-14,19H,4,9-10,15-17H2,1-3H3/t19-/m1/s1.